The third-order valence-corrected chi connectivity index (χ3v) is 3.90. The molecule has 1 rings (SSSR count). The maximum atomic E-state index is 4.44. The molecular weight excluding hydrogens is 200 g/mol. The Morgan fingerprint density at radius 2 is 2.54 bits per heavy atom. The van der Waals surface area contributed by atoms with Crippen LogP contribution >= 0.6 is 23.5 Å². The van der Waals surface area contributed by atoms with E-state index in [1.165, 1.54) is 23.7 Å². The first-order chi connectivity index (χ1) is 6.33. The van der Waals surface area contributed by atoms with Crippen molar-refractivity contribution in [2.24, 2.45) is 4.99 Å². The summed E-state index contributed by atoms with van der Waals surface area (Å²) in [4.78, 5) is 4.44. The number of amidine groups is 1. The first kappa shape index (κ1) is 11.2. The van der Waals surface area contributed by atoms with Gasteiger partial charge in [-0.2, -0.15) is 11.8 Å². The van der Waals surface area contributed by atoms with Crippen molar-refractivity contribution in [3.8, 4) is 0 Å². The molecule has 0 fully saturated rings. The number of hydrogen-bond acceptors (Lipinski definition) is 4. The van der Waals surface area contributed by atoms with Crippen LogP contribution in [0.5, 0.6) is 0 Å². The fourth-order valence-electron chi connectivity index (χ4n) is 1.09. The van der Waals surface area contributed by atoms with Gasteiger partial charge in [-0.05, 0) is 19.1 Å². The summed E-state index contributed by atoms with van der Waals surface area (Å²) in [5.74, 6) is 3.60. The van der Waals surface area contributed by atoms with E-state index >= 15 is 0 Å². The summed E-state index contributed by atoms with van der Waals surface area (Å²) in [6, 6.07) is 0.550. The Hall–Kier alpha value is 0.170. The number of nitrogens with one attached hydrogen (secondary N) is 1. The summed E-state index contributed by atoms with van der Waals surface area (Å²) < 4.78 is 0. The highest BCUT2D eigenvalue weighted by atomic mass is 32.2. The lowest BCUT2D eigenvalue weighted by Crippen LogP contribution is -2.34. The lowest BCUT2D eigenvalue weighted by Gasteiger charge is -2.18. The zero-order valence-electron chi connectivity index (χ0n) is 8.38. The van der Waals surface area contributed by atoms with Crippen molar-refractivity contribution in [3.63, 3.8) is 0 Å². The summed E-state index contributed by atoms with van der Waals surface area (Å²) in [6.45, 7) is 5.42. The largest absolute Gasteiger partial charge is 0.362 e. The monoisotopic (exact) mass is 218 g/mol. The second kappa shape index (κ2) is 6.60. The van der Waals surface area contributed by atoms with E-state index in [-0.39, 0.29) is 0 Å². The number of rotatable bonds is 4. The zero-order valence-corrected chi connectivity index (χ0v) is 10.0. The standard InChI is InChI=1S/C9H18N2S2/c1-3-12-7-8(2)11-9-10-5-4-6-13-9/h8H,3-7H2,1-2H3,(H,10,11). The second-order valence-electron chi connectivity index (χ2n) is 3.09. The zero-order chi connectivity index (χ0) is 9.52. The van der Waals surface area contributed by atoms with Crippen molar-refractivity contribution in [3.05, 3.63) is 0 Å². The minimum atomic E-state index is 0.550. The molecule has 0 aliphatic carbocycles. The number of hydrogen-bond donors (Lipinski definition) is 1. The van der Waals surface area contributed by atoms with Gasteiger partial charge in [-0.3, -0.25) is 4.99 Å². The Bertz CT molecular complexity index is 171. The van der Waals surface area contributed by atoms with Crippen LogP contribution in [0.2, 0.25) is 0 Å². The van der Waals surface area contributed by atoms with Crippen molar-refractivity contribution in [1.29, 1.82) is 0 Å². The van der Waals surface area contributed by atoms with Crippen molar-refractivity contribution in [2.75, 3.05) is 23.8 Å². The summed E-state index contributed by atoms with van der Waals surface area (Å²) >= 11 is 3.83. The molecule has 1 aliphatic heterocycles. The van der Waals surface area contributed by atoms with Crippen LogP contribution in [0.25, 0.3) is 0 Å². The minimum absolute atomic E-state index is 0.550. The number of aliphatic imine (C=N–C) groups is 1. The lowest BCUT2D eigenvalue weighted by molar-refractivity contribution is 0.744. The van der Waals surface area contributed by atoms with Gasteiger partial charge in [0.2, 0.25) is 0 Å². The van der Waals surface area contributed by atoms with Gasteiger partial charge in [-0.1, -0.05) is 18.7 Å². The summed E-state index contributed by atoms with van der Waals surface area (Å²) in [6.07, 6.45) is 1.23. The highest BCUT2D eigenvalue weighted by Crippen LogP contribution is 2.11. The van der Waals surface area contributed by atoms with Crippen LogP contribution in [0.15, 0.2) is 4.99 Å². The topological polar surface area (TPSA) is 24.4 Å². The minimum Gasteiger partial charge on any atom is -0.362 e. The van der Waals surface area contributed by atoms with Gasteiger partial charge in [0.1, 0.15) is 0 Å². The van der Waals surface area contributed by atoms with E-state index in [0.29, 0.717) is 6.04 Å². The molecule has 4 heteroatoms. The Morgan fingerprint density at radius 1 is 1.69 bits per heavy atom. The van der Waals surface area contributed by atoms with E-state index in [2.05, 4.69) is 24.2 Å². The van der Waals surface area contributed by atoms with Crippen LogP contribution in [-0.2, 0) is 0 Å². The fourth-order valence-corrected chi connectivity index (χ4v) is 2.70. The molecule has 0 aromatic rings. The molecule has 0 radical (unpaired) electrons. The smallest absolute Gasteiger partial charge is 0.156 e. The summed E-state index contributed by atoms with van der Waals surface area (Å²) in [5.41, 5.74) is 0. The summed E-state index contributed by atoms with van der Waals surface area (Å²) in [5, 5.41) is 4.59. The highest BCUT2D eigenvalue weighted by molar-refractivity contribution is 8.13. The van der Waals surface area contributed by atoms with Gasteiger partial charge in [-0.15, -0.1) is 0 Å². The maximum absolute atomic E-state index is 4.44. The molecule has 0 aromatic heterocycles. The molecule has 0 spiro atoms. The molecule has 1 N–H and O–H groups in total. The molecule has 1 unspecified atom stereocenters. The molecule has 0 saturated carbocycles. The molecule has 0 aromatic carbocycles. The Morgan fingerprint density at radius 3 is 3.15 bits per heavy atom. The van der Waals surface area contributed by atoms with E-state index in [1.807, 2.05) is 23.5 Å². The van der Waals surface area contributed by atoms with Crippen molar-refractivity contribution >= 4 is 28.7 Å². The van der Waals surface area contributed by atoms with Crippen molar-refractivity contribution in [2.45, 2.75) is 26.3 Å². The Labute approximate surface area is 89.3 Å². The van der Waals surface area contributed by atoms with Crippen LogP contribution in [0.4, 0.5) is 0 Å². The molecule has 0 bridgehead atoms. The van der Waals surface area contributed by atoms with E-state index < -0.39 is 0 Å². The van der Waals surface area contributed by atoms with Crippen LogP contribution in [0.1, 0.15) is 20.3 Å². The number of thioether (sulfide) groups is 2. The van der Waals surface area contributed by atoms with E-state index in [4.69, 9.17) is 0 Å². The van der Waals surface area contributed by atoms with Gasteiger partial charge in [0.15, 0.2) is 5.17 Å². The quantitative estimate of drug-likeness (QED) is 0.783. The van der Waals surface area contributed by atoms with E-state index in [0.717, 1.165) is 11.7 Å². The van der Waals surface area contributed by atoms with E-state index in [1.54, 1.807) is 0 Å². The molecule has 0 saturated heterocycles. The normalized spacial score (nSPS) is 19.4. The lowest BCUT2D eigenvalue weighted by atomic mass is 10.4. The van der Waals surface area contributed by atoms with Crippen LogP contribution in [0.3, 0.4) is 0 Å². The average Bonchev–Trinajstić information content (AvgIpc) is 2.16. The molecule has 76 valence electrons. The molecule has 0 amide bonds. The van der Waals surface area contributed by atoms with Gasteiger partial charge in [0, 0.05) is 24.1 Å². The first-order valence-electron chi connectivity index (χ1n) is 4.84. The van der Waals surface area contributed by atoms with Crippen LogP contribution in [-0.4, -0.2) is 35.0 Å². The second-order valence-corrected chi connectivity index (χ2v) is 5.50. The molecule has 1 heterocycles. The predicted octanol–water partition coefficient (Wildman–Crippen LogP) is 2.21. The molecule has 13 heavy (non-hydrogen) atoms. The first-order valence-corrected chi connectivity index (χ1v) is 6.98. The van der Waals surface area contributed by atoms with Crippen LogP contribution < -0.4 is 5.32 Å². The van der Waals surface area contributed by atoms with Gasteiger partial charge < -0.3 is 5.32 Å². The average molecular weight is 218 g/mol. The van der Waals surface area contributed by atoms with Gasteiger partial charge in [-0.25, -0.2) is 0 Å². The highest BCUT2D eigenvalue weighted by Gasteiger charge is 2.08. The van der Waals surface area contributed by atoms with Gasteiger partial charge >= 0.3 is 0 Å². The predicted molar refractivity (Wildman–Crippen MR) is 65.0 cm³/mol. The van der Waals surface area contributed by atoms with E-state index in [9.17, 15) is 0 Å². The summed E-state index contributed by atoms with van der Waals surface area (Å²) in [7, 11) is 0. The third kappa shape index (κ3) is 4.81. The fraction of sp³-hybridized carbons (Fsp3) is 0.889. The molecule has 2 nitrogen and oxygen atoms in total. The maximum Gasteiger partial charge on any atom is 0.156 e. The van der Waals surface area contributed by atoms with Crippen molar-refractivity contribution in [1.82, 2.24) is 5.32 Å². The van der Waals surface area contributed by atoms with Gasteiger partial charge in [0.25, 0.3) is 0 Å². The Balaban J connectivity index is 2.18. The van der Waals surface area contributed by atoms with Crippen molar-refractivity contribution < 1.29 is 0 Å². The third-order valence-electron chi connectivity index (χ3n) is 1.74. The molecular formula is C9H18N2S2. The van der Waals surface area contributed by atoms with Crippen LogP contribution in [0, 0.1) is 0 Å². The Kier molecular flexibility index (Phi) is 5.71. The molecule has 1 atom stereocenters. The van der Waals surface area contributed by atoms with Gasteiger partial charge in [0.05, 0.1) is 0 Å². The molecule has 1 aliphatic rings. The number of nitrogens with zero attached hydrogens (tertiary/aromatic N) is 1. The SMILES string of the molecule is CCSCC(C)NC1=NCCCS1.